The van der Waals surface area contributed by atoms with E-state index in [1.54, 1.807) is 0 Å². The maximum atomic E-state index is 6.19. The largest absolute Gasteiger partial charge is 0.379 e. The molecule has 0 saturated carbocycles. The third-order valence-electron chi connectivity index (χ3n) is 4.71. The summed E-state index contributed by atoms with van der Waals surface area (Å²) in [4.78, 5) is 13.5. The number of nitrogens with one attached hydrogen (secondary N) is 2. The lowest BCUT2D eigenvalue weighted by atomic mass is 10.0. The van der Waals surface area contributed by atoms with Gasteiger partial charge in [0.05, 0.1) is 13.2 Å². The van der Waals surface area contributed by atoms with Crippen LogP contribution in [0.4, 0.5) is 11.8 Å². The summed E-state index contributed by atoms with van der Waals surface area (Å²) in [6.07, 6.45) is 2.44. The fraction of sp³-hybridized carbons (Fsp3) is 0.706. The van der Waals surface area contributed by atoms with Crippen molar-refractivity contribution in [3.63, 3.8) is 0 Å². The van der Waals surface area contributed by atoms with E-state index in [2.05, 4.69) is 37.3 Å². The number of morpholine rings is 1. The van der Waals surface area contributed by atoms with E-state index < -0.39 is 0 Å². The van der Waals surface area contributed by atoms with Crippen molar-refractivity contribution in [3.8, 4) is 0 Å². The molecule has 0 spiro atoms. The number of halogens is 1. The van der Waals surface area contributed by atoms with Gasteiger partial charge in [-0.15, -0.1) is 0 Å². The van der Waals surface area contributed by atoms with Gasteiger partial charge in [0, 0.05) is 45.3 Å². The topological polar surface area (TPSA) is 65.6 Å². The highest BCUT2D eigenvalue weighted by atomic mass is 35.5. The van der Waals surface area contributed by atoms with Crippen molar-refractivity contribution >= 4 is 40.7 Å². The lowest BCUT2D eigenvalue weighted by Crippen LogP contribution is -2.42. The molecule has 2 N–H and O–H groups in total. The molecule has 1 aromatic heterocycles. The van der Waals surface area contributed by atoms with Crippen LogP contribution in [0, 0.1) is 5.92 Å². The first-order valence-electron chi connectivity index (χ1n) is 9.24. The number of rotatable bonds is 5. The number of aromatic nitrogens is 2. The molecule has 0 bridgehead atoms. The van der Waals surface area contributed by atoms with Crippen LogP contribution in [-0.4, -0.2) is 72.5 Å². The molecule has 26 heavy (non-hydrogen) atoms. The Kier molecular flexibility index (Phi) is 7.24. The molecule has 0 unspecified atom stereocenters. The second-order valence-electron chi connectivity index (χ2n) is 6.90. The summed E-state index contributed by atoms with van der Waals surface area (Å²) in [7, 11) is 0. The van der Waals surface area contributed by atoms with Gasteiger partial charge >= 0.3 is 0 Å². The zero-order valence-electron chi connectivity index (χ0n) is 15.2. The molecule has 2 saturated heterocycles. The van der Waals surface area contributed by atoms with Crippen molar-refractivity contribution in [1.29, 1.82) is 0 Å². The van der Waals surface area contributed by atoms with Crippen LogP contribution in [0.15, 0.2) is 6.07 Å². The normalized spacial score (nSPS) is 21.5. The molecule has 3 heterocycles. The Bertz CT molecular complexity index is 613. The number of hydrogen-bond donors (Lipinski definition) is 2. The number of nitrogens with zero attached hydrogens (tertiary/aromatic N) is 4. The molecule has 9 heteroatoms. The first-order valence-corrected chi connectivity index (χ1v) is 10.0. The maximum absolute atomic E-state index is 6.19. The second kappa shape index (κ2) is 9.64. The van der Waals surface area contributed by atoms with E-state index in [4.69, 9.17) is 28.6 Å². The summed E-state index contributed by atoms with van der Waals surface area (Å²) in [5, 5.41) is 7.20. The number of ether oxygens (including phenoxy) is 1. The van der Waals surface area contributed by atoms with Gasteiger partial charge in [-0.05, 0) is 31.0 Å². The standard InChI is InChI=1S/C17H27ClN6OS/c1-13-3-2-5-24(12-13)15-11-14(18)20-16(21-15)22-17(26)19-4-6-23-7-9-25-10-8-23/h11,13H,2-10,12H2,1H3,(H2,19,20,21,22,26)/t13-/m0/s1. The minimum Gasteiger partial charge on any atom is -0.379 e. The molecule has 0 aromatic carbocycles. The Morgan fingerprint density at radius 3 is 2.92 bits per heavy atom. The quantitative estimate of drug-likeness (QED) is 0.576. The summed E-state index contributed by atoms with van der Waals surface area (Å²) >= 11 is 11.6. The van der Waals surface area contributed by atoms with Crippen molar-refractivity contribution in [2.24, 2.45) is 5.92 Å². The summed E-state index contributed by atoms with van der Waals surface area (Å²) in [5.74, 6) is 1.96. The van der Waals surface area contributed by atoms with Gasteiger partial charge in [0.25, 0.3) is 0 Å². The van der Waals surface area contributed by atoms with Gasteiger partial charge in [-0.2, -0.15) is 4.98 Å². The smallest absolute Gasteiger partial charge is 0.232 e. The average molecular weight is 399 g/mol. The molecule has 2 fully saturated rings. The Morgan fingerprint density at radius 2 is 2.15 bits per heavy atom. The number of anilines is 2. The molecule has 144 valence electrons. The van der Waals surface area contributed by atoms with E-state index in [9.17, 15) is 0 Å². The monoisotopic (exact) mass is 398 g/mol. The summed E-state index contributed by atoms with van der Waals surface area (Å²) in [6, 6.07) is 1.82. The Hall–Kier alpha value is -1.22. The zero-order chi connectivity index (χ0) is 18.4. The van der Waals surface area contributed by atoms with Gasteiger partial charge in [0.1, 0.15) is 11.0 Å². The lowest BCUT2D eigenvalue weighted by molar-refractivity contribution is 0.0389. The molecule has 1 aromatic rings. The molecule has 3 rings (SSSR count). The van der Waals surface area contributed by atoms with Crippen LogP contribution >= 0.6 is 23.8 Å². The highest BCUT2D eigenvalue weighted by Gasteiger charge is 2.19. The van der Waals surface area contributed by atoms with Crippen LogP contribution in [-0.2, 0) is 4.74 Å². The lowest BCUT2D eigenvalue weighted by Gasteiger charge is -2.32. The van der Waals surface area contributed by atoms with Crippen LogP contribution in [0.2, 0.25) is 5.15 Å². The summed E-state index contributed by atoms with van der Waals surface area (Å²) in [6.45, 7) is 9.50. The van der Waals surface area contributed by atoms with Crippen molar-refractivity contribution in [2.75, 3.05) is 62.7 Å². The van der Waals surface area contributed by atoms with Crippen LogP contribution in [0.3, 0.4) is 0 Å². The average Bonchev–Trinajstić information content (AvgIpc) is 2.62. The zero-order valence-corrected chi connectivity index (χ0v) is 16.8. The predicted octanol–water partition coefficient (Wildman–Crippen LogP) is 1.98. The first kappa shape index (κ1) is 19.5. The second-order valence-corrected chi connectivity index (χ2v) is 7.70. The minimum atomic E-state index is 0.423. The molecule has 0 aliphatic carbocycles. The highest BCUT2D eigenvalue weighted by molar-refractivity contribution is 7.80. The van der Waals surface area contributed by atoms with Gasteiger partial charge < -0.3 is 20.3 Å². The van der Waals surface area contributed by atoms with Crippen LogP contribution in [0.25, 0.3) is 0 Å². The fourth-order valence-electron chi connectivity index (χ4n) is 3.32. The van der Waals surface area contributed by atoms with E-state index in [1.165, 1.54) is 12.8 Å². The van der Waals surface area contributed by atoms with E-state index in [-0.39, 0.29) is 0 Å². The van der Waals surface area contributed by atoms with Crippen molar-refractivity contribution < 1.29 is 4.74 Å². The van der Waals surface area contributed by atoms with Crippen molar-refractivity contribution in [3.05, 3.63) is 11.2 Å². The van der Waals surface area contributed by atoms with E-state index in [0.717, 1.165) is 58.3 Å². The summed E-state index contributed by atoms with van der Waals surface area (Å²) in [5.41, 5.74) is 0. The van der Waals surface area contributed by atoms with Gasteiger partial charge in [-0.3, -0.25) is 4.90 Å². The number of thiocarbonyl (C=S) groups is 1. The van der Waals surface area contributed by atoms with Gasteiger partial charge in [0.15, 0.2) is 5.11 Å². The Balaban J connectivity index is 1.51. The SMILES string of the molecule is C[C@H]1CCCN(c2cc(Cl)nc(NC(=S)NCCN3CCOCC3)n2)C1. The molecule has 2 aliphatic rings. The van der Waals surface area contributed by atoms with Crippen LogP contribution in [0.5, 0.6) is 0 Å². The van der Waals surface area contributed by atoms with E-state index in [1.807, 2.05) is 6.07 Å². The molecule has 7 nitrogen and oxygen atoms in total. The molecule has 2 aliphatic heterocycles. The maximum Gasteiger partial charge on any atom is 0.232 e. The minimum absolute atomic E-state index is 0.423. The molecule has 1 atom stereocenters. The van der Waals surface area contributed by atoms with Gasteiger partial charge in [-0.1, -0.05) is 18.5 Å². The van der Waals surface area contributed by atoms with Crippen molar-refractivity contribution in [2.45, 2.75) is 19.8 Å². The molecular weight excluding hydrogens is 372 g/mol. The summed E-state index contributed by atoms with van der Waals surface area (Å²) < 4.78 is 5.35. The van der Waals surface area contributed by atoms with Crippen molar-refractivity contribution in [1.82, 2.24) is 20.2 Å². The highest BCUT2D eigenvalue weighted by Crippen LogP contribution is 2.24. The molecule has 0 amide bonds. The number of piperidine rings is 1. The van der Waals surface area contributed by atoms with Gasteiger partial charge in [0.2, 0.25) is 5.95 Å². The predicted molar refractivity (Wildman–Crippen MR) is 109 cm³/mol. The van der Waals surface area contributed by atoms with E-state index >= 15 is 0 Å². The molecular formula is C17H27ClN6OS. The van der Waals surface area contributed by atoms with Crippen LogP contribution in [0.1, 0.15) is 19.8 Å². The Labute approximate surface area is 165 Å². The third kappa shape index (κ3) is 5.90. The number of hydrogen-bond acceptors (Lipinski definition) is 6. The fourth-order valence-corrected chi connectivity index (χ4v) is 3.69. The third-order valence-corrected chi connectivity index (χ3v) is 5.15. The first-order chi connectivity index (χ1) is 12.6. The molecule has 0 radical (unpaired) electrons. The Morgan fingerprint density at radius 1 is 1.35 bits per heavy atom. The van der Waals surface area contributed by atoms with E-state index in [0.29, 0.717) is 22.1 Å². The van der Waals surface area contributed by atoms with Gasteiger partial charge in [-0.25, -0.2) is 4.98 Å². The van der Waals surface area contributed by atoms with Crippen LogP contribution < -0.4 is 15.5 Å².